The van der Waals surface area contributed by atoms with E-state index in [1.807, 2.05) is 0 Å². The Labute approximate surface area is 166 Å². The molecule has 2 aromatic carbocycles. The van der Waals surface area contributed by atoms with Crippen molar-refractivity contribution in [2.45, 2.75) is 24.3 Å². The van der Waals surface area contributed by atoms with Crippen LogP contribution >= 0.6 is 11.6 Å². The molecule has 3 rings (SSSR count). The van der Waals surface area contributed by atoms with Crippen LogP contribution in [0, 0.1) is 0 Å². The van der Waals surface area contributed by atoms with E-state index in [-0.39, 0.29) is 26.9 Å². The van der Waals surface area contributed by atoms with Gasteiger partial charge in [0.25, 0.3) is 5.91 Å². The second-order valence-electron chi connectivity index (χ2n) is 6.11. The van der Waals surface area contributed by atoms with Crippen molar-refractivity contribution in [3.05, 3.63) is 53.1 Å². The molecule has 0 unspecified atom stereocenters. The average Bonchev–Trinajstić information content (AvgIpc) is 3.19. The smallest absolute Gasteiger partial charge is 0.387 e. The van der Waals surface area contributed by atoms with Crippen molar-refractivity contribution in [2.75, 3.05) is 18.4 Å². The molecule has 0 bridgehead atoms. The van der Waals surface area contributed by atoms with E-state index in [2.05, 4.69) is 10.1 Å². The summed E-state index contributed by atoms with van der Waals surface area (Å²) in [7, 11) is -3.55. The van der Waals surface area contributed by atoms with E-state index in [9.17, 15) is 22.0 Å². The van der Waals surface area contributed by atoms with Crippen molar-refractivity contribution in [3.8, 4) is 5.75 Å². The summed E-state index contributed by atoms with van der Waals surface area (Å²) in [5.74, 6) is -0.699. The molecule has 1 saturated heterocycles. The fourth-order valence-corrected chi connectivity index (χ4v) is 4.57. The van der Waals surface area contributed by atoms with Gasteiger partial charge in [0, 0.05) is 24.3 Å². The quantitative estimate of drug-likeness (QED) is 0.752. The number of hydrogen-bond donors (Lipinski definition) is 1. The van der Waals surface area contributed by atoms with Gasteiger partial charge in [-0.3, -0.25) is 4.79 Å². The lowest BCUT2D eigenvalue weighted by atomic mass is 10.2. The van der Waals surface area contributed by atoms with Crippen molar-refractivity contribution >= 4 is 33.2 Å². The largest absolute Gasteiger partial charge is 0.433 e. The minimum Gasteiger partial charge on any atom is -0.433 e. The molecule has 1 fully saturated rings. The molecule has 1 N–H and O–H groups in total. The number of carbonyl (C=O) groups is 1. The molecule has 1 aliphatic rings. The molecule has 0 aliphatic carbocycles. The molecule has 0 spiro atoms. The number of nitrogens with one attached hydrogen (secondary N) is 1. The van der Waals surface area contributed by atoms with Crippen LogP contribution in [0.5, 0.6) is 5.75 Å². The third kappa shape index (κ3) is 4.60. The van der Waals surface area contributed by atoms with E-state index in [1.54, 1.807) is 0 Å². The van der Waals surface area contributed by atoms with Crippen LogP contribution in [-0.4, -0.2) is 38.3 Å². The van der Waals surface area contributed by atoms with Gasteiger partial charge in [-0.2, -0.15) is 13.1 Å². The second-order valence-corrected chi connectivity index (χ2v) is 8.46. The molecular formula is C18H17ClF2N2O4S. The van der Waals surface area contributed by atoms with E-state index in [1.165, 1.54) is 46.8 Å². The number of hydrogen-bond acceptors (Lipinski definition) is 4. The first-order valence-corrected chi connectivity index (χ1v) is 10.2. The highest BCUT2D eigenvalue weighted by Gasteiger charge is 2.27. The fourth-order valence-electron chi connectivity index (χ4n) is 2.83. The molecule has 0 aromatic heterocycles. The minimum atomic E-state index is -3.55. The number of anilines is 1. The third-order valence-corrected chi connectivity index (χ3v) is 6.43. The number of nitrogens with zero attached hydrogens (tertiary/aromatic N) is 1. The molecule has 10 heteroatoms. The Balaban J connectivity index is 1.70. The number of alkyl halides is 2. The van der Waals surface area contributed by atoms with Crippen LogP contribution in [0.1, 0.15) is 23.2 Å². The number of sulfonamides is 1. The highest BCUT2D eigenvalue weighted by atomic mass is 35.5. The Bertz CT molecular complexity index is 962. The van der Waals surface area contributed by atoms with Crippen LogP contribution in [0.2, 0.25) is 5.02 Å². The van der Waals surface area contributed by atoms with E-state index < -0.39 is 22.5 Å². The number of carbonyl (C=O) groups excluding carboxylic acids is 1. The summed E-state index contributed by atoms with van der Waals surface area (Å²) in [5.41, 5.74) is 0.523. The average molecular weight is 431 g/mol. The summed E-state index contributed by atoms with van der Waals surface area (Å²) in [5, 5.41) is 2.49. The summed E-state index contributed by atoms with van der Waals surface area (Å²) < 4.78 is 55.2. The first kappa shape index (κ1) is 20.5. The summed E-state index contributed by atoms with van der Waals surface area (Å²) in [4.78, 5) is 12.5. The molecule has 0 radical (unpaired) electrons. The van der Waals surface area contributed by atoms with E-state index in [0.717, 1.165) is 12.8 Å². The van der Waals surface area contributed by atoms with Gasteiger partial charge in [0.15, 0.2) is 0 Å². The van der Waals surface area contributed by atoms with Crippen molar-refractivity contribution in [3.63, 3.8) is 0 Å². The minimum absolute atomic E-state index is 0.0786. The summed E-state index contributed by atoms with van der Waals surface area (Å²) in [6, 6.07) is 9.46. The first-order valence-electron chi connectivity index (χ1n) is 8.43. The molecule has 1 aliphatic heterocycles. The van der Waals surface area contributed by atoms with E-state index in [4.69, 9.17) is 11.6 Å². The maximum Gasteiger partial charge on any atom is 0.387 e. The van der Waals surface area contributed by atoms with Gasteiger partial charge in [0.2, 0.25) is 10.0 Å². The molecular weight excluding hydrogens is 414 g/mol. The van der Waals surface area contributed by atoms with Gasteiger partial charge in [0.1, 0.15) is 5.75 Å². The normalized spacial score (nSPS) is 15.0. The van der Waals surface area contributed by atoms with Crippen molar-refractivity contribution < 1.29 is 26.7 Å². The highest BCUT2D eigenvalue weighted by molar-refractivity contribution is 7.89. The molecule has 1 heterocycles. The predicted molar refractivity (Wildman–Crippen MR) is 100 cm³/mol. The Morgan fingerprint density at radius 1 is 1.11 bits per heavy atom. The van der Waals surface area contributed by atoms with Gasteiger partial charge >= 0.3 is 6.61 Å². The molecule has 1 amide bonds. The van der Waals surface area contributed by atoms with Crippen LogP contribution in [0.15, 0.2) is 47.4 Å². The standard InChI is InChI=1S/C18H17ClF2N2O4S/c19-15-11-13(5-8-16(15)27-18(20)21)22-17(24)12-3-6-14(7-4-12)28(25,26)23-9-1-2-10-23/h3-8,11,18H,1-2,9-10H2,(H,22,24). The molecule has 0 saturated carbocycles. The number of ether oxygens (including phenoxy) is 1. The number of rotatable bonds is 6. The maximum absolute atomic E-state index is 12.5. The van der Waals surface area contributed by atoms with E-state index in [0.29, 0.717) is 13.1 Å². The Morgan fingerprint density at radius 3 is 2.32 bits per heavy atom. The Kier molecular flexibility index (Phi) is 6.17. The summed E-state index contributed by atoms with van der Waals surface area (Å²) >= 11 is 5.86. The van der Waals surface area contributed by atoms with Crippen LogP contribution < -0.4 is 10.1 Å². The zero-order chi connectivity index (χ0) is 20.3. The lowest BCUT2D eigenvalue weighted by molar-refractivity contribution is -0.0497. The topological polar surface area (TPSA) is 75.7 Å². The Morgan fingerprint density at radius 2 is 1.75 bits per heavy atom. The second kappa shape index (κ2) is 8.42. The summed E-state index contributed by atoms with van der Waals surface area (Å²) in [6.07, 6.45) is 1.67. The SMILES string of the molecule is O=C(Nc1ccc(OC(F)F)c(Cl)c1)c1ccc(S(=O)(=O)N2CCCC2)cc1. The Hall–Kier alpha value is -2.23. The molecule has 2 aromatic rings. The van der Waals surface area contributed by atoms with Gasteiger partial charge in [-0.05, 0) is 55.3 Å². The van der Waals surface area contributed by atoms with Gasteiger partial charge < -0.3 is 10.1 Å². The fraction of sp³-hybridized carbons (Fsp3) is 0.278. The van der Waals surface area contributed by atoms with Gasteiger partial charge in [-0.25, -0.2) is 8.42 Å². The molecule has 28 heavy (non-hydrogen) atoms. The number of amides is 1. The number of benzene rings is 2. The van der Waals surface area contributed by atoms with Crippen LogP contribution in [0.4, 0.5) is 14.5 Å². The molecule has 150 valence electrons. The zero-order valence-corrected chi connectivity index (χ0v) is 16.1. The lowest BCUT2D eigenvalue weighted by Crippen LogP contribution is -2.27. The zero-order valence-electron chi connectivity index (χ0n) is 14.6. The highest BCUT2D eigenvalue weighted by Crippen LogP contribution is 2.29. The van der Waals surface area contributed by atoms with Crippen LogP contribution in [-0.2, 0) is 10.0 Å². The third-order valence-electron chi connectivity index (χ3n) is 4.23. The van der Waals surface area contributed by atoms with Gasteiger partial charge in [-0.1, -0.05) is 11.6 Å². The maximum atomic E-state index is 12.5. The number of halogens is 3. The molecule has 6 nitrogen and oxygen atoms in total. The van der Waals surface area contributed by atoms with Crippen LogP contribution in [0.25, 0.3) is 0 Å². The monoisotopic (exact) mass is 430 g/mol. The van der Waals surface area contributed by atoms with Crippen LogP contribution in [0.3, 0.4) is 0 Å². The molecule has 0 atom stereocenters. The van der Waals surface area contributed by atoms with Gasteiger partial charge in [0.05, 0.1) is 9.92 Å². The summed E-state index contributed by atoms with van der Waals surface area (Å²) in [6.45, 7) is -2.01. The van der Waals surface area contributed by atoms with Gasteiger partial charge in [-0.15, -0.1) is 0 Å². The van der Waals surface area contributed by atoms with E-state index >= 15 is 0 Å². The van der Waals surface area contributed by atoms with Crippen molar-refractivity contribution in [1.29, 1.82) is 0 Å². The predicted octanol–water partition coefficient (Wildman–Crippen LogP) is 3.98. The first-order chi connectivity index (χ1) is 13.3. The van der Waals surface area contributed by atoms with Crippen molar-refractivity contribution in [1.82, 2.24) is 4.31 Å². The van der Waals surface area contributed by atoms with Crippen molar-refractivity contribution in [2.24, 2.45) is 0 Å². The lowest BCUT2D eigenvalue weighted by Gasteiger charge is -2.15.